The second kappa shape index (κ2) is 5.45. The first-order chi connectivity index (χ1) is 9.34. The number of rotatable bonds is 3. The van der Waals surface area contributed by atoms with Crippen LogP contribution in [0.25, 0.3) is 11.1 Å². The SMILES string of the molecule is Nc1ccccc1-c1ccccc1CN1CCCC1. The molecule has 19 heavy (non-hydrogen) atoms. The van der Waals surface area contributed by atoms with Crippen molar-refractivity contribution in [2.24, 2.45) is 0 Å². The van der Waals surface area contributed by atoms with Gasteiger partial charge in [-0.1, -0.05) is 42.5 Å². The second-order valence-corrected chi connectivity index (χ2v) is 5.23. The molecule has 1 aliphatic rings. The van der Waals surface area contributed by atoms with Gasteiger partial charge in [-0.05, 0) is 43.1 Å². The van der Waals surface area contributed by atoms with Crippen molar-refractivity contribution in [1.29, 1.82) is 0 Å². The van der Waals surface area contributed by atoms with E-state index in [-0.39, 0.29) is 0 Å². The molecule has 2 aromatic carbocycles. The van der Waals surface area contributed by atoms with Gasteiger partial charge >= 0.3 is 0 Å². The third-order valence-corrected chi connectivity index (χ3v) is 3.86. The number of benzene rings is 2. The molecule has 0 saturated carbocycles. The Morgan fingerprint density at radius 3 is 2.21 bits per heavy atom. The van der Waals surface area contributed by atoms with Gasteiger partial charge in [0.25, 0.3) is 0 Å². The summed E-state index contributed by atoms with van der Waals surface area (Å²) < 4.78 is 0. The van der Waals surface area contributed by atoms with E-state index in [1.54, 1.807) is 0 Å². The van der Waals surface area contributed by atoms with Crippen LogP contribution in [-0.2, 0) is 6.54 Å². The van der Waals surface area contributed by atoms with Crippen LogP contribution in [0.2, 0.25) is 0 Å². The van der Waals surface area contributed by atoms with Gasteiger partial charge in [0, 0.05) is 17.8 Å². The molecular formula is C17H20N2. The minimum absolute atomic E-state index is 0.858. The first-order valence-electron chi connectivity index (χ1n) is 7.00. The molecule has 0 bridgehead atoms. The summed E-state index contributed by atoms with van der Waals surface area (Å²) in [6.07, 6.45) is 2.66. The molecule has 0 atom stereocenters. The Hall–Kier alpha value is -1.80. The Labute approximate surface area is 114 Å². The number of para-hydroxylation sites is 1. The van der Waals surface area contributed by atoms with Crippen molar-refractivity contribution < 1.29 is 0 Å². The summed E-state index contributed by atoms with van der Waals surface area (Å²) >= 11 is 0. The van der Waals surface area contributed by atoms with Gasteiger partial charge in [-0.25, -0.2) is 0 Å². The molecular weight excluding hydrogens is 232 g/mol. The molecule has 0 aliphatic carbocycles. The summed E-state index contributed by atoms with van der Waals surface area (Å²) in [4.78, 5) is 2.53. The zero-order valence-corrected chi connectivity index (χ0v) is 11.2. The highest BCUT2D eigenvalue weighted by molar-refractivity contribution is 5.78. The molecule has 1 aliphatic heterocycles. The molecule has 3 rings (SSSR count). The summed E-state index contributed by atoms with van der Waals surface area (Å²) in [5.74, 6) is 0. The first-order valence-corrected chi connectivity index (χ1v) is 7.00. The molecule has 0 radical (unpaired) electrons. The lowest BCUT2D eigenvalue weighted by Crippen LogP contribution is -2.18. The van der Waals surface area contributed by atoms with Gasteiger partial charge in [-0.3, -0.25) is 4.90 Å². The van der Waals surface area contributed by atoms with E-state index in [2.05, 4.69) is 41.3 Å². The third-order valence-electron chi connectivity index (χ3n) is 3.86. The molecule has 2 heteroatoms. The predicted molar refractivity (Wildman–Crippen MR) is 80.8 cm³/mol. The summed E-state index contributed by atoms with van der Waals surface area (Å²) in [5.41, 5.74) is 10.8. The molecule has 1 heterocycles. The largest absolute Gasteiger partial charge is 0.398 e. The summed E-state index contributed by atoms with van der Waals surface area (Å²) in [6.45, 7) is 3.47. The molecule has 98 valence electrons. The number of nitrogens with two attached hydrogens (primary N) is 1. The van der Waals surface area contributed by atoms with Gasteiger partial charge in [0.15, 0.2) is 0 Å². The molecule has 2 nitrogen and oxygen atoms in total. The van der Waals surface area contributed by atoms with Crippen molar-refractivity contribution in [2.45, 2.75) is 19.4 Å². The average Bonchev–Trinajstić information content (AvgIpc) is 2.93. The minimum Gasteiger partial charge on any atom is -0.398 e. The molecule has 2 N–H and O–H groups in total. The average molecular weight is 252 g/mol. The van der Waals surface area contributed by atoms with E-state index in [1.165, 1.54) is 37.1 Å². The van der Waals surface area contributed by atoms with E-state index in [0.29, 0.717) is 0 Å². The first kappa shape index (κ1) is 12.2. The van der Waals surface area contributed by atoms with E-state index >= 15 is 0 Å². The molecule has 1 saturated heterocycles. The van der Waals surface area contributed by atoms with Gasteiger partial charge in [0.05, 0.1) is 0 Å². The van der Waals surface area contributed by atoms with Crippen LogP contribution in [0.4, 0.5) is 5.69 Å². The normalized spacial score (nSPS) is 15.8. The Balaban J connectivity index is 1.95. The topological polar surface area (TPSA) is 29.3 Å². The van der Waals surface area contributed by atoms with Crippen molar-refractivity contribution in [3.8, 4) is 11.1 Å². The highest BCUT2D eigenvalue weighted by Crippen LogP contribution is 2.29. The van der Waals surface area contributed by atoms with E-state index < -0.39 is 0 Å². The number of hydrogen-bond donors (Lipinski definition) is 1. The van der Waals surface area contributed by atoms with Crippen molar-refractivity contribution in [3.63, 3.8) is 0 Å². The minimum atomic E-state index is 0.858. The number of hydrogen-bond acceptors (Lipinski definition) is 2. The molecule has 0 amide bonds. The molecule has 2 aromatic rings. The molecule has 1 fully saturated rings. The third kappa shape index (κ3) is 2.64. The van der Waals surface area contributed by atoms with Gasteiger partial charge in [0.1, 0.15) is 0 Å². The Bertz CT molecular complexity index is 557. The maximum Gasteiger partial charge on any atom is 0.0393 e. The monoisotopic (exact) mass is 252 g/mol. The quantitative estimate of drug-likeness (QED) is 0.847. The maximum atomic E-state index is 6.12. The van der Waals surface area contributed by atoms with Gasteiger partial charge in [-0.2, -0.15) is 0 Å². The molecule has 0 unspecified atom stereocenters. The van der Waals surface area contributed by atoms with Crippen LogP contribution >= 0.6 is 0 Å². The summed E-state index contributed by atoms with van der Waals surface area (Å²) in [5, 5.41) is 0. The van der Waals surface area contributed by atoms with Crippen LogP contribution < -0.4 is 5.73 Å². The standard InChI is InChI=1S/C17H20N2/c18-17-10-4-3-9-16(17)15-8-2-1-7-14(15)13-19-11-5-6-12-19/h1-4,7-10H,5-6,11-13,18H2. The second-order valence-electron chi connectivity index (χ2n) is 5.23. The van der Waals surface area contributed by atoms with Crippen LogP contribution in [0.15, 0.2) is 48.5 Å². The number of nitrogen functional groups attached to an aromatic ring is 1. The van der Waals surface area contributed by atoms with Gasteiger partial charge in [0.2, 0.25) is 0 Å². The molecule has 0 spiro atoms. The smallest absolute Gasteiger partial charge is 0.0393 e. The lowest BCUT2D eigenvalue weighted by atomic mass is 9.98. The van der Waals surface area contributed by atoms with Crippen molar-refractivity contribution in [2.75, 3.05) is 18.8 Å². The fourth-order valence-corrected chi connectivity index (χ4v) is 2.84. The van der Waals surface area contributed by atoms with E-state index in [4.69, 9.17) is 5.73 Å². The van der Waals surface area contributed by atoms with Gasteiger partial charge in [-0.15, -0.1) is 0 Å². The van der Waals surface area contributed by atoms with Crippen LogP contribution in [0.3, 0.4) is 0 Å². The van der Waals surface area contributed by atoms with Crippen molar-refractivity contribution in [1.82, 2.24) is 4.90 Å². The van der Waals surface area contributed by atoms with Crippen LogP contribution in [0, 0.1) is 0 Å². The van der Waals surface area contributed by atoms with E-state index in [1.807, 2.05) is 12.1 Å². The zero-order valence-electron chi connectivity index (χ0n) is 11.2. The fraction of sp³-hybridized carbons (Fsp3) is 0.294. The van der Waals surface area contributed by atoms with Crippen molar-refractivity contribution in [3.05, 3.63) is 54.1 Å². The van der Waals surface area contributed by atoms with Crippen LogP contribution in [0.1, 0.15) is 18.4 Å². The fourth-order valence-electron chi connectivity index (χ4n) is 2.84. The Morgan fingerprint density at radius 2 is 1.47 bits per heavy atom. The van der Waals surface area contributed by atoms with Gasteiger partial charge < -0.3 is 5.73 Å². The highest BCUT2D eigenvalue weighted by atomic mass is 15.1. The summed E-state index contributed by atoms with van der Waals surface area (Å²) in [6, 6.07) is 16.7. The Morgan fingerprint density at radius 1 is 0.842 bits per heavy atom. The predicted octanol–water partition coefficient (Wildman–Crippen LogP) is 3.53. The van der Waals surface area contributed by atoms with Crippen LogP contribution in [-0.4, -0.2) is 18.0 Å². The number of likely N-dealkylation sites (tertiary alicyclic amines) is 1. The van der Waals surface area contributed by atoms with E-state index in [0.717, 1.165) is 17.8 Å². The van der Waals surface area contributed by atoms with E-state index in [9.17, 15) is 0 Å². The number of nitrogens with zero attached hydrogens (tertiary/aromatic N) is 1. The highest BCUT2D eigenvalue weighted by Gasteiger charge is 2.14. The van der Waals surface area contributed by atoms with Crippen molar-refractivity contribution >= 4 is 5.69 Å². The maximum absolute atomic E-state index is 6.12. The molecule has 0 aromatic heterocycles. The summed E-state index contributed by atoms with van der Waals surface area (Å²) in [7, 11) is 0. The lowest BCUT2D eigenvalue weighted by Gasteiger charge is -2.18. The Kier molecular flexibility index (Phi) is 3.51. The zero-order chi connectivity index (χ0) is 13.1. The lowest BCUT2D eigenvalue weighted by molar-refractivity contribution is 0.332. The number of anilines is 1. The van der Waals surface area contributed by atoms with Crippen LogP contribution in [0.5, 0.6) is 0 Å².